The van der Waals surface area contributed by atoms with E-state index in [4.69, 9.17) is 0 Å². The van der Waals surface area contributed by atoms with Crippen LogP contribution in [0, 0.1) is 13.8 Å². The van der Waals surface area contributed by atoms with E-state index in [0.29, 0.717) is 23.2 Å². The zero-order chi connectivity index (χ0) is 15.0. The molecule has 0 spiro atoms. The van der Waals surface area contributed by atoms with Crippen molar-refractivity contribution in [3.8, 4) is 0 Å². The van der Waals surface area contributed by atoms with Gasteiger partial charge >= 0.3 is 0 Å². The molecule has 1 aliphatic rings. The summed E-state index contributed by atoms with van der Waals surface area (Å²) in [5.41, 5.74) is 0.903. The molecule has 9 heteroatoms. The van der Waals surface area contributed by atoms with E-state index in [9.17, 15) is 8.42 Å². The van der Waals surface area contributed by atoms with Gasteiger partial charge in [0.25, 0.3) is 10.0 Å². The van der Waals surface area contributed by atoms with Crippen LogP contribution < -0.4 is 10.0 Å². The van der Waals surface area contributed by atoms with Gasteiger partial charge in [-0.3, -0.25) is 9.82 Å². The summed E-state index contributed by atoms with van der Waals surface area (Å²) in [4.78, 5) is 0.143. The smallest absolute Gasteiger partial charge is 0.266 e. The highest BCUT2D eigenvalue weighted by molar-refractivity contribution is 7.92. The molecule has 1 aliphatic carbocycles. The largest absolute Gasteiger partial charge is 0.366 e. The summed E-state index contributed by atoms with van der Waals surface area (Å²) >= 11 is 0. The number of nitrogens with zero attached hydrogens (tertiary/aromatic N) is 3. The molecule has 8 nitrogen and oxygen atoms in total. The van der Waals surface area contributed by atoms with Crippen LogP contribution in [0.3, 0.4) is 0 Å². The molecule has 0 radical (unpaired) electrons. The number of nitrogens with one attached hydrogen (secondary N) is 3. The average molecular weight is 308 g/mol. The molecule has 0 aliphatic heterocycles. The van der Waals surface area contributed by atoms with Gasteiger partial charge in [-0.15, -0.1) is 10.2 Å². The van der Waals surface area contributed by atoms with Gasteiger partial charge in [-0.1, -0.05) is 0 Å². The third-order valence-electron chi connectivity index (χ3n) is 3.16. The van der Waals surface area contributed by atoms with Gasteiger partial charge in [0, 0.05) is 6.04 Å². The molecular formula is C12H16N6O2S. The van der Waals surface area contributed by atoms with Gasteiger partial charge in [-0.2, -0.15) is 5.10 Å². The molecule has 3 N–H and O–H groups in total. The zero-order valence-electron chi connectivity index (χ0n) is 11.7. The number of aromatic amines is 1. The third-order valence-corrected chi connectivity index (χ3v) is 4.78. The lowest BCUT2D eigenvalue weighted by Crippen LogP contribution is -2.16. The van der Waals surface area contributed by atoms with Crippen LogP contribution >= 0.6 is 0 Å². The molecule has 2 aromatic heterocycles. The highest BCUT2D eigenvalue weighted by atomic mass is 32.2. The van der Waals surface area contributed by atoms with E-state index in [-0.39, 0.29) is 10.7 Å². The van der Waals surface area contributed by atoms with Crippen LogP contribution in [0.4, 0.5) is 11.6 Å². The Labute approximate surface area is 122 Å². The molecule has 3 rings (SSSR count). The predicted octanol–water partition coefficient (Wildman–Crippen LogP) is 1.19. The van der Waals surface area contributed by atoms with Crippen molar-refractivity contribution in [2.75, 3.05) is 10.0 Å². The second-order valence-corrected chi connectivity index (χ2v) is 6.71. The number of hydrogen-bond donors (Lipinski definition) is 3. The summed E-state index contributed by atoms with van der Waals surface area (Å²) in [7, 11) is -3.72. The van der Waals surface area contributed by atoms with Gasteiger partial charge in [-0.25, -0.2) is 8.42 Å². The highest BCUT2D eigenvalue weighted by Gasteiger charge is 2.24. The lowest BCUT2D eigenvalue weighted by molar-refractivity contribution is 0.600. The normalized spacial score (nSPS) is 15.0. The summed E-state index contributed by atoms with van der Waals surface area (Å²) in [6, 6.07) is 3.76. The van der Waals surface area contributed by atoms with Crippen molar-refractivity contribution in [1.29, 1.82) is 0 Å². The molecule has 2 heterocycles. The quantitative estimate of drug-likeness (QED) is 0.765. The van der Waals surface area contributed by atoms with Crippen molar-refractivity contribution >= 4 is 21.7 Å². The maximum atomic E-state index is 12.3. The first kappa shape index (κ1) is 13.8. The fraction of sp³-hybridized carbons (Fsp3) is 0.417. The Morgan fingerprint density at radius 2 is 1.86 bits per heavy atom. The Morgan fingerprint density at radius 3 is 2.38 bits per heavy atom. The number of hydrogen-bond acceptors (Lipinski definition) is 6. The van der Waals surface area contributed by atoms with Gasteiger partial charge < -0.3 is 5.32 Å². The average Bonchev–Trinajstić information content (AvgIpc) is 3.16. The highest BCUT2D eigenvalue weighted by Crippen LogP contribution is 2.24. The zero-order valence-corrected chi connectivity index (χ0v) is 12.5. The molecule has 2 aromatic rings. The summed E-state index contributed by atoms with van der Waals surface area (Å²) in [5, 5.41) is 17.6. The van der Waals surface area contributed by atoms with Gasteiger partial charge in [0.05, 0.1) is 11.4 Å². The van der Waals surface area contributed by atoms with Crippen LogP contribution in [-0.4, -0.2) is 34.9 Å². The molecule has 0 unspecified atom stereocenters. The van der Waals surface area contributed by atoms with E-state index < -0.39 is 10.0 Å². The first-order valence-electron chi connectivity index (χ1n) is 6.60. The summed E-state index contributed by atoms with van der Waals surface area (Å²) in [6.07, 6.45) is 2.27. The number of sulfonamides is 1. The second kappa shape index (κ2) is 4.99. The van der Waals surface area contributed by atoms with Crippen molar-refractivity contribution in [3.63, 3.8) is 0 Å². The minimum Gasteiger partial charge on any atom is -0.366 e. The van der Waals surface area contributed by atoms with Crippen molar-refractivity contribution < 1.29 is 8.42 Å². The van der Waals surface area contributed by atoms with E-state index in [1.54, 1.807) is 26.0 Å². The molecular weight excluding hydrogens is 292 g/mol. The minimum atomic E-state index is -3.72. The predicted molar refractivity (Wildman–Crippen MR) is 77.5 cm³/mol. The van der Waals surface area contributed by atoms with E-state index in [0.717, 1.165) is 12.8 Å². The van der Waals surface area contributed by atoms with Crippen molar-refractivity contribution in [2.24, 2.45) is 0 Å². The topological polar surface area (TPSA) is 113 Å². The number of rotatable bonds is 5. The molecule has 1 saturated carbocycles. The summed E-state index contributed by atoms with van der Waals surface area (Å²) in [5.74, 6) is 0.826. The van der Waals surface area contributed by atoms with Gasteiger partial charge in [0.1, 0.15) is 10.7 Å². The molecule has 0 amide bonds. The first-order valence-corrected chi connectivity index (χ1v) is 8.09. The van der Waals surface area contributed by atoms with E-state index >= 15 is 0 Å². The Balaban J connectivity index is 1.78. The van der Waals surface area contributed by atoms with Crippen molar-refractivity contribution in [3.05, 3.63) is 23.5 Å². The van der Waals surface area contributed by atoms with Gasteiger partial charge in [0.2, 0.25) is 0 Å². The lowest BCUT2D eigenvalue weighted by Gasteiger charge is -2.08. The van der Waals surface area contributed by atoms with E-state index in [1.165, 1.54) is 0 Å². The van der Waals surface area contributed by atoms with Crippen LogP contribution in [0.2, 0.25) is 0 Å². The van der Waals surface area contributed by atoms with Crippen molar-refractivity contribution in [2.45, 2.75) is 37.6 Å². The summed E-state index contributed by atoms with van der Waals surface area (Å²) in [6.45, 7) is 3.29. The van der Waals surface area contributed by atoms with Crippen LogP contribution in [0.5, 0.6) is 0 Å². The molecule has 1 fully saturated rings. The van der Waals surface area contributed by atoms with Crippen LogP contribution in [0.15, 0.2) is 17.0 Å². The van der Waals surface area contributed by atoms with Crippen LogP contribution in [0.25, 0.3) is 0 Å². The number of aryl methyl sites for hydroxylation is 2. The SMILES string of the molecule is Cc1n[nH]c(C)c1S(=O)(=O)Nc1ccc(NC2CC2)nn1. The third kappa shape index (κ3) is 2.97. The molecule has 21 heavy (non-hydrogen) atoms. The van der Waals surface area contributed by atoms with Crippen molar-refractivity contribution in [1.82, 2.24) is 20.4 Å². The minimum absolute atomic E-state index is 0.143. The monoisotopic (exact) mass is 308 g/mol. The Hall–Kier alpha value is -2.16. The molecule has 112 valence electrons. The number of anilines is 2. The molecule has 0 aromatic carbocycles. The fourth-order valence-corrected chi connectivity index (χ4v) is 3.40. The fourth-order valence-electron chi connectivity index (χ4n) is 2.03. The Kier molecular flexibility index (Phi) is 3.28. The standard InChI is InChI=1S/C12H16N6O2S/c1-7-12(8(2)15-14-7)21(19,20)18-11-6-5-10(16-17-11)13-9-3-4-9/h5-6,9H,3-4H2,1-2H3,(H,13,16)(H,14,15)(H,17,18). The molecule has 0 atom stereocenters. The maximum Gasteiger partial charge on any atom is 0.266 e. The van der Waals surface area contributed by atoms with E-state index in [2.05, 4.69) is 30.4 Å². The van der Waals surface area contributed by atoms with Crippen LogP contribution in [-0.2, 0) is 10.0 Å². The Bertz CT molecular complexity index is 729. The number of aromatic nitrogens is 4. The van der Waals surface area contributed by atoms with Gasteiger partial charge in [-0.05, 0) is 38.8 Å². The molecule has 0 bridgehead atoms. The molecule has 0 saturated heterocycles. The first-order chi connectivity index (χ1) is 9.95. The second-order valence-electron chi connectivity index (χ2n) is 5.09. The van der Waals surface area contributed by atoms with Crippen LogP contribution in [0.1, 0.15) is 24.2 Å². The Morgan fingerprint density at radius 1 is 1.19 bits per heavy atom. The number of H-pyrrole nitrogens is 1. The van der Waals surface area contributed by atoms with E-state index in [1.807, 2.05) is 0 Å². The maximum absolute atomic E-state index is 12.3. The lowest BCUT2D eigenvalue weighted by atomic mass is 10.4. The van der Waals surface area contributed by atoms with Gasteiger partial charge in [0.15, 0.2) is 5.82 Å². The summed E-state index contributed by atoms with van der Waals surface area (Å²) < 4.78 is 27.1.